The molecule has 0 aliphatic carbocycles. The van der Waals surface area contributed by atoms with Crippen LogP contribution in [0.25, 0.3) is 0 Å². The largest absolute Gasteiger partial charge is 0.366 e. The van der Waals surface area contributed by atoms with E-state index in [0.29, 0.717) is 11.9 Å². The lowest BCUT2D eigenvalue weighted by molar-refractivity contribution is 0.696. The predicted molar refractivity (Wildman–Crippen MR) is 67.9 cm³/mol. The summed E-state index contributed by atoms with van der Waals surface area (Å²) in [6.07, 6.45) is 3.74. The Bertz CT molecular complexity index is 332. The lowest BCUT2D eigenvalue weighted by Gasteiger charge is -2.35. The summed E-state index contributed by atoms with van der Waals surface area (Å²) in [7, 11) is 0. The highest BCUT2D eigenvalue weighted by atomic mass is 35.5. The monoisotopic (exact) mass is 242 g/mol. The molecule has 0 bridgehead atoms. The van der Waals surface area contributed by atoms with Gasteiger partial charge in [0.15, 0.2) is 0 Å². The molecule has 1 saturated heterocycles. The number of aromatic nitrogens is 1. The minimum atomic E-state index is 0.564. The van der Waals surface area contributed by atoms with Gasteiger partial charge in [-0.1, -0.05) is 0 Å². The van der Waals surface area contributed by atoms with Gasteiger partial charge in [-0.2, -0.15) is 11.8 Å². The van der Waals surface area contributed by atoms with Crippen molar-refractivity contribution in [2.45, 2.75) is 18.8 Å². The zero-order chi connectivity index (χ0) is 10.7. The third-order valence-corrected chi connectivity index (χ3v) is 4.19. The van der Waals surface area contributed by atoms with Gasteiger partial charge in [-0.3, -0.25) is 4.98 Å². The molecule has 0 aromatic carbocycles. The highest BCUT2D eigenvalue weighted by molar-refractivity contribution is 7.99. The average Bonchev–Trinajstić information content (AvgIpc) is 2.30. The van der Waals surface area contributed by atoms with Crippen LogP contribution in [0.3, 0.4) is 0 Å². The Morgan fingerprint density at radius 1 is 1.67 bits per heavy atom. The Balaban J connectivity index is 2.26. The Morgan fingerprint density at radius 2 is 2.53 bits per heavy atom. The van der Waals surface area contributed by atoms with E-state index in [-0.39, 0.29) is 0 Å². The minimum absolute atomic E-state index is 0.564. The fourth-order valence-electron chi connectivity index (χ4n) is 1.87. The maximum atomic E-state index is 5.94. The van der Waals surface area contributed by atoms with Crippen molar-refractivity contribution in [1.82, 2.24) is 4.98 Å². The number of alkyl halides is 1. The van der Waals surface area contributed by atoms with E-state index in [1.54, 1.807) is 0 Å². The van der Waals surface area contributed by atoms with Crippen LogP contribution in [0.4, 0.5) is 5.69 Å². The second-order valence-electron chi connectivity index (χ2n) is 3.76. The minimum Gasteiger partial charge on any atom is -0.366 e. The van der Waals surface area contributed by atoms with Gasteiger partial charge in [0.1, 0.15) is 0 Å². The second kappa shape index (κ2) is 5.08. The molecule has 1 aromatic heterocycles. The van der Waals surface area contributed by atoms with E-state index in [4.69, 9.17) is 11.6 Å². The van der Waals surface area contributed by atoms with Gasteiger partial charge < -0.3 is 4.90 Å². The zero-order valence-corrected chi connectivity index (χ0v) is 10.4. The molecular formula is C11H15ClN2S. The number of nitrogens with zero attached hydrogens (tertiary/aromatic N) is 2. The van der Waals surface area contributed by atoms with Crippen LogP contribution >= 0.6 is 23.4 Å². The molecule has 0 radical (unpaired) electrons. The molecule has 82 valence electrons. The van der Waals surface area contributed by atoms with Gasteiger partial charge in [0, 0.05) is 36.2 Å². The number of anilines is 1. The summed E-state index contributed by atoms with van der Waals surface area (Å²) < 4.78 is 0. The first-order valence-electron chi connectivity index (χ1n) is 5.16. The number of hydrogen-bond donors (Lipinski definition) is 0. The molecule has 0 N–H and O–H groups in total. The van der Waals surface area contributed by atoms with Crippen molar-refractivity contribution in [1.29, 1.82) is 0 Å². The normalized spacial score (nSPS) is 21.7. The maximum absolute atomic E-state index is 5.94. The van der Waals surface area contributed by atoms with E-state index in [1.165, 1.54) is 22.8 Å². The first-order valence-corrected chi connectivity index (χ1v) is 6.85. The van der Waals surface area contributed by atoms with Gasteiger partial charge in [-0.25, -0.2) is 0 Å². The van der Waals surface area contributed by atoms with Gasteiger partial charge in [0.05, 0.1) is 11.9 Å². The topological polar surface area (TPSA) is 16.1 Å². The van der Waals surface area contributed by atoms with Crippen molar-refractivity contribution in [3.63, 3.8) is 0 Å². The van der Waals surface area contributed by atoms with E-state index in [2.05, 4.69) is 16.8 Å². The molecule has 0 spiro atoms. The number of rotatable bonds is 2. The lowest BCUT2D eigenvalue weighted by atomic mass is 10.2. The quantitative estimate of drug-likeness (QED) is 0.742. The Hall–Kier alpha value is -0.410. The van der Waals surface area contributed by atoms with Gasteiger partial charge in [0.25, 0.3) is 0 Å². The summed E-state index contributed by atoms with van der Waals surface area (Å²) in [5.41, 5.74) is 2.39. The molecule has 4 heteroatoms. The molecule has 15 heavy (non-hydrogen) atoms. The smallest absolute Gasteiger partial charge is 0.0600 e. The molecule has 2 rings (SSSR count). The molecule has 0 amide bonds. The standard InChI is InChI=1S/C11H15ClN2S/c1-9-8-15-5-4-14(9)11-7-13-3-2-10(11)6-12/h2-3,7,9H,4-6,8H2,1H3. The van der Waals surface area contributed by atoms with Gasteiger partial charge in [-0.15, -0.1) is 11.6 Å². The van der Waals surface area contributed by atoms with Crippen LogP contribution in [0.15, 0.2) is 18.5 Å². The first-order chi connectivity index (χ1) is 7.33. The van der Waals surface area contributed by atoms with Crippen LogP contribution in [0.2, 0.25) is 0 Å². The highest BCUT2D eigenvalue weighted by Crippen LogP contribution is 2.27. The number of pyridine rings is 1. The number of thioether (sulfide) groups is 1. The summed E-state index contributed by atoms with van der Waals surface area (Å²) in [4.78, 5) is 6.61. The van der Waals surface area contributed by atoms with E-state index >= 15 is 0 Å². The fourth-order valence-corrected chi connectivity index (χ4v) is 3.11. The van der Waals surface area contributed by atoms with Crippen LogP contribution in [-0.2, 0) is 5.88 Å². The molecule has 1 aromatic rings. The third kappa shape index (κ3) is 2.40. The highest BCUT2D eigenvalue weighted by Gasteiger charge is 2.20. The molecule has 1 aliphatic heterocycles. The average molecular weight is 243 g/mol. The van der Waals surface area contributed by atoms with Crippen LogP contribution in [0.1, 0.15) is 12.5 Å². The SMILES string of the molecule is CC1CSCCN1c1cnccc1CCl. The van der Waals surface area contributed by atoms with Crippen molar-refractivity contribution in [2.24, 2.45) is 0 Å². The van der Waals surface area contributed by atoms with Crippen LogP contribution in [-0.4, -0.2) is 29.1 Å². The van der Waals surface area contributed by atoms with Crippen molar-refractivity contribution in [3.8, 4) is 0 Å². The summed E-state index contributed by atoms with van der Waals surface area (Å²) >= 11 is 7.96. The number of hydrogen-bond acceptors (Lipinski definition) is 3. The molecule has 2 heterocycles. The van der Waals surface area contributed by atoms with E-state index in [9.17, 15) is 0 Å². The van der Waals surface area contributed by atoms with E-state index in [0.717, 1.165) is 6.54 Å². The molecule has 0 saturated carbocycles. The molecule has 2 nitrogen and oxygen atoms in total. The number of halogens is 1. The second-order valence-corrected chi connectivity index (χ2v) is 5.17. The van der Waals surface area contributed by atoms with Crippen LogP contribution in [0, 0.1) is 0 Å². The summed E-state index contributed by atoms with van der Waals surface area (Å²) in [6, 6.07) is 2.59. The first kappa shape index (κ1) is 11.1. The Kier molecular flexibility index (Phi) is 3.76. The predicted octanol–water partition coefficient (Wildman–Crippen LogP) is 2.76. The molecule has 1 unspecified atom stereocenters. The zero-order valence-electron chi connectivity index (χ0n) is 8.82. The fraction of sp³-hybridized carbons (Fsp3) is 0.545. The van der Waals surface area contributed by atoms with Gasteiger partial charge in [0.2, 0.25) is 0 Å². The molecule has 1 aliphatic rings. The molecular weight excluding hydrogens is 228 g/mol. The molecule has 1 fully saturated rings. The maximum Gasteiger partial charge on any atom is 0.0600 e. The lowest BCUT2D eigenvalue weighted by Crippen LogP contribution is -2.40. The summed E-state index contributed by atoms with van der Waals surface area (Å²) in [5, 5.41) is 0. The van der Waals surface area contributed by atoms with E-state index < -0.39 is 0 Å². The summed E-state index contributed by atoms with van der Waals surface area (Å²) in [5.74, 6) is 2.95. The Morgan fingerprint density at radius 3 is 3.27 bits per heavy atom. The van der Waals surface area contributed by atoms with Crippen molar-refractivity contribution >= 4 is 29.1 Å². The van der Waals surface area contributed by atoms with Gasteiger partial charge in [-0.05, 0) is 18.6 Å². The van der Waals surface area contributed by atoms with Crippen LogP contribution in [0.5, 0.6) is 0 Å². The van der Waals surface area contributed by atoms with Gasteiger partial charge >= 0.3 is 0 Å². The summed E-state index contributed by atoms with van der Waals surface area (Å²) in [6.45, 7) is 3.36. The third-order valence-electron chi connectivity index (χ3n) is 2.71. The van der Waals surface area contributed by atoms with Crippen LogP contribution < -0.4 is 4.90 Å². The van der Waals surface area contributed by atoms with Crippen molar-refractivity contribution in [2.75, 3.05) is 23.0 Å². The van der Waals surface area contributed by atoms with Crippen molar-refractivity contribution < 1.29 is 0 Å². The molecule has 1 atom stereocenters. The van der Waals surface area contributed by atoms with Crippen molar-refractivity contribution in [3.05, 3.63) is 24.0 Å². The van der Waals surface area contributed by atoms with E-state index in [1.807, 2.05) is 30.2 Å². The Labute approximate surface area is 100 Å².